The van der Waals surface area contributed by atoms with Crippen molar-refractivity contribution in [3.63, 3.8) is 0 Å². The fourth-order valence-corrected chi connectivity index (χ4v) is 7.55. The molecule has 0 spiro atoms. The van der Waals surface area contributed by atoms with E-state index in [-0.39, 0.29) is 23.3 Å². The van der Waals surface area contributed by atoms with Gasteiger partial charge in [-0.15, -0.1) is 0 Å². The van der Waals surface area contributed by atoms with E-state index < -0.39 is 58.7 Å². The maximum Gasteiger partial charge on any atom is 0.230 e. The highest BCUT2D eigenvalue weighted by Crippen LogP contribution is 2.52. The third-order valence-corrected chi connectivity index (χ3v) is 9.67. The number of phenolic OH excluding ortho intramolecular Hbond substituents is 1. The number of phenols is 1. The Morgan fingerprint density at radius 2 is 1.82 bits per heavy atom. The number of carbonyl (C=O) groups is 3. The molecule has 3 saturated carbocycles. The predicted octanol–water partition coefficient (Wildman–Crippen LogP) is 0.797. The second-order valence-corrected chi connectivity index (χ2v) is 12.2. The summed E-state index contributed by atoms with van der Waals surface area (Å²) in [6.07, 6.45) is 3.43. The van der Waals surface area contributed by atoms with Gasteiger partial charge in [0.15, 0.2) is 11.4 Å². The lowest BCUT2D eigenvalue weighted by Gasteiger charge is -2.53. The largest absolute Gasteiger partial charge is 0.507 e. The van der Waals surface area contributed by atoms with E-state index in [0.29, 0.717) is 19.0 Å². The number of aliphatic hydroxyl groups excluding tert-OH is 2. The number of rotatable bonds is 5. The lowest BCUT2D eigenvalue weighted by Crippen LogP contribution is -2.73. The van der Waals surface area contributed by atoms with Crippen LogP contribution in [0.15, 0.2) is 17.7 Å². The summed E-state index contributed by atoms with van der Waals surface area (Å²) in [5.74, 6) is -6.56. The first-order valence-corrected chi connectivity index (χ1v) is 13.8. The number of likely N-dealkylation sites (N-methyl/N-ethyl adjacent to an activating group) is 1. The Bertz CT molecular complexity index is 1240. The summed E-state index contributed by atoms with van der Waals surface area (Å²) in [7, 11) is 3.28. The maximum absolute atomic E-state index is 13.9. The number of Topliss-reactive ketones (excluding diaryl/α,β-unsaturated/α-hetero) is 2. The number of nitrogens with two attached hydrogens (primary N) is 1. The number of ketones is 2. The number of nitrogens with zero attached hydrogens (tertiary/aromatic N) is 1. The molecule has 0 saturated heterocycles. The second-order valence-electron chi connectivity index (χ2n) is 12.2. The molecule has 1 aromatic carbocycles. The van der Waals surface area contributed by atoms with E-state index in [4.69, 9.17) is 5.73 Å². The van der Waals surface area contributed by atoms with Crippen LogP contribution in [0.1, 0.15) is 55.7 Å². The molecular formula is C29H39N3O7. The summed E-state index contributed by atoms with van der Waals surface area (Å²) in [6.45, 7) is 2.80. The number of fused-ring (bicyclic) bond motifs is 3. The van der Waals surface area contributed by atoms with Crippen molar-refractivity contribution in [1.29, 1.82) is 0 Å². The molecule has 6 atom stereocenters. The van der Waals surface area contributed by atoms with E-state index >= 15 is 0 Å². The SMILES string of the molecule is CC1CCC(NCc2ccc(O)c3c2C[C@@H]2C[C@@H]4[C@@H](N(C)C)C(O)C(C(N)=O)C(=O)[C@]4(O)C(=O)C2=C3O)CC1. The monoisotopic (exact) mass is 541 g/mol. The molecule has 0 aromatic heterocycles. The molecule has 1 amide bonds. The van der Waals surface area contributed by atoms with Gasteiger partial charge in [0, 0.05) is 30.1 Å². The van der Waals surface area contributed by atoms with Gasteiger partial charge in [-0.3, -0.25) is 14.4 Å². The van der Waals surface area contributed by atoms with Crippen LogP contribution >= 0.6 is 0 Å². The third-order valence-electron chi connectivity index (χ3n) is 9.67. The van der Waals surface area contributed by atoms with Crippen LogP contribution in [0.4, 0.5) is 0 Å². The molecule has 0 aliphatic heterocycles. The lowest BCUT2D eigenvalue weighted by molar-refractivity contribution is -0.184. The smallest absolute Gasteiger partial charge is 0.230 e. The first kappa shape index (κ1) is 27.8. The second kappa shape index (κ2) is 9.99. The average Bonchev–Trinajstić information content (AvgIpc) is 2.86. The van der Waals surface area contributed by atoms with Gasteiger partial charge >= 0.3 is 0 Å². The summed E-state index contributed by atoms with van der Waals surface area (Å²) in [4.78, 5) is 41.1. The van der Waals surface area contributed by atoms with Crippen LogP contribution in [-0.2, 0) is 27.3 Å². The Morgan fingerprint density at radius 3 is 2.44 bits per heavy atom. The zero-order valence-corrected chi connectivity index (χ0v) is 22.7. The topological polar surface area (TPSA) is 173 Å². The van der Waals surface area contributed by atoms with Crippen molar-refractivity contribution in [1.82, 2.24) is 10.2 Å². The molecule has 0 radical (unpaired) electrons. The van der Waals surface area contributed by atoms with Gasteiger partial charge in [-0.2, -0.15) is 0 Å². The minimum absolute atomic E-state index is 0.112. The Morgan fingerprint density at radius 1 is 1.15 bits per heavy atom. The first-order valence-electron chi connectivity index (χ1n) is 13.8. The molecule has 7 N–H and O–H groups in total. The molecule has 1 aromatic rings. The fourth-order valence-electron chi connectivity index (χ4n) is 7.55. The third kappa shape index (κ3) is 4.28. The number of primary amides is 1. The molecule has 2 unspecified atom stereocenters. The normalized spacial score (nSPS) is 36.4. The lowest BCUT2D eigenvalue weighted by atomic mass is 9.54. The number of carbonyl (C=O) groups excluding carboxylic acids is 3. The van der Waals surface area contributed by atoms with Crippen LogP contribution in [0, 0.1) is 23.7 Å². The van der Waals surface area contributed by atoms with Crippen LogP contribution in [0.25, 0.3) is 5.76 Å². The van der Waals surface area contributed by atoms with Gasteiger partial charge in [-0.25, -0.2) is 0 Å². The van der Waals surface area contributed by atoms with Crippen molar-refractivity contribution in [2.45, 2.75) is 75.8 Å². The van der Waals surface area contributed by atoms with E-state index in [1.54, 1.807) is 19.0 Å². The zero-order valence-electron chi connectivity index (χ0n) is 22.7. The molecule has 0 heterocycles. The predicted molar refractivity (Wildman–Crippen MR) is 142 cm³/mol. The first-order chi connectivity index (χ1) is 18.4. The summed E-state index contributed by atoms with van der Waals surface area (Å²) in [5, 5.41) is 48.4. The van der Waals surface area contributed by atoms with E-state index in [9.17, 15) is 34.8 Å². The molecule has 10 heteroatoms. The highest BCUT2D eigenvalue weighted by molar-refractivity contribution is 6.25. The van der Waals surface area contributed by atoms with E-state index in [0.717, 1.165) is 29.9 Å². The molecule has 3 fully saturated rings. The van der Waals surface area contributed by atoms with Crippen molar-refractivity contribution in [2.75, 3.05) is 14.1 Å². The fraction of sp³-hybridized carbons (Fsp3) is 0.621. The van der Waals surface area contributed by atoms with Crippen molar-refractivity contribution in [3.05, 3.63) is 34.4 Å². The quantitative estimate of drug-likeness (QED) is 0.295. The van der Waals surface area contributed by atoms with Crippen LogP contribution in [0.5, 0.6) is 5.75 Å². The summed E-state index contributed by atoms with van der Waals surface area (Å²) in [5.41, 5.74) is 4.40. The molecule has 0 bridgehead atoms. The van der Waals surface area contributed by atoms with Crippen LogP contribution < -0.4 is 11.1 Å². The van der Waals surface area contributed by atoms with Crippen LogP contribution in [-0.4, -0.2) is 80.7 Å². The number of amides is 1. The number of aromatic hydroxyl groups is 1. The molecule has 5 rings (SSSR count). The highest BCUT2D eigenvalue weighted by Gasteiger charge is 2.67. The minimum atomic E-state index is -2.64. The number of hydrogen-bond acceptors (Lipinski definition) is 9. The molecule has 4 aliphatic carbocycles. The van der Waals surface area contributed by atoms with Gasteiger partial charge in [0.2, 0.25) is 11.7 Å². The number of aliphatic hydroxyl groups is 3. The maximum atomic E-state index is 13.9. The molecule has 4 aliphatic rings. The van der Waals surface area contributed by atoms with Gasteiger partial charge in [-0.05, 0) is 81.6 Å². The molecule has 10 nitrogen and oxygen atoms in total. The van der Waals surface area contributed by atoms with E-state index in [2.05, 4.69) is 12.2 Å². The van der Waals surface area contributed by atoms with Crippen molar-refractivity contribution in [2.24, 2.45) is 29.4 Å². The zero-order chi connectivity index (χ0) is 28.4. The van der Waals surface area contributed by atoms with Gasteiger partial charge < -0.3 is 36.4 Å². The number of benzene rings is 1. The van der Waals surface area contributed by atoms with E-state index in [1.165, 1.54) is 18.9 Å². The van der Waals surface area contributed by atoms with Gasteiger partial charge in [0.25, 0.3) is 0 Å². The summed E-state index contributed by atoms with van der Waals surface area (Å²) in [6, 6.07) is 2.78. The van der Waals surface area contributed by atoms with Gasteiger partial charge in [0.1, 0.15) is 17.4 Å². The van der Waals surface area contributed by atoms with Gasteiger partial charge in [-0.1, -0.05) is 13.0 Å². The Kier molecular flexibility index (Phi) is 7.12. The van der Waals surface area contributed by atoms with E-state index in [1.807, 2.05) is 6.07 Å². The Hall–Kier alpha value is -2.79. The van der Waals surface area contributed by atoms with Crippen LogP contribution in [0.3, 0.4) is 0 Å². The molecular weight excluding hydrogens is 502 g/mol. The standard InChI is InChI=1S/C29H39N3O7/c1-13-4-7-16(8-5-13)31-12-14-6-9-19(33)21-17(14)10-15-11-18-23(32(2)3)25(35)22(28(30)38)27(37)29(18,39)26(36)20(15)24(21)34/h6,9,13,15-16,18,22-23,25,31,33-35,39H,4-5,7-8,10-12H2,1-3H3,(H2,30,38)/t13?,15-,16?,18-,22?,23-,25?,29-/m1/s1. The van der Waals surface area contributed by atoms with Crippen molar-refractivity contribution >= 4 is 23.2 Å². The Balaban J connectivity index is 1.54. The Labute approximate surface area is 227 Å². The molecule has 39 heavy (non-hydrogen) atoms. The average molecular weight is 542 g/mol. The summed E-state index contributed by atoms with van der Waals surface area (Å²) >= 11 is 0. The molecule has 212 valence electrons. The van der Waals surface area contributed by atoms with Crippen molar-refractivity contribution in [3.8, 4) is 5.75 Å². The van der Waals surface area contributed by atoms with Gasteiger partial charge in [0.05, 0.1) is 11.7 Å². The highest BCUT2D eigenvalue weighted by atomic mass is 16.3. The number of hydrogen-bond donors (Lipinski definition) is 6. The minimum Gasteiger partial charge on any atom is -0.507 e. The van der Waals surface area contributed by atoms with Crippen LogP contribution in [0.2, 0.25) is 0 Å². The van der Waals surface area contributed by atoms with Crippen molar-refractivity contribution < 1.29 is 34.8 Å². The number of nitrogens with one attached hydrogen (secondary N) is 1. The summed E-state index contributed by atoms with van der Waals surface area (Å²) < 4.78 is 0.